The smallest absolute Gasteiger partial charge is 0.253 e. The summed E-state index contributed by atoms with van der Waals surface area (Å²) in [5, 5.41) is 7.38. The van der Waals surface area contributed by atoms with E-state index >= 15 is 0 Å². The monoisotopic (exact) mass is 380 g/mol. The van der Waals surface area contributed by atoms with Gasteiger partial charge in [0.2, 0.25) is 5.89 Å². The van der Waals surface area contributed by atoms with Gasteiger partial charge in [-0.2, -0.15) is 5.10 Å². The average Bonchev–Trinajstić information content (AvgIpc) is 3.38. The largest absolute Gasteiger partial charge is 0.441 e. The van der Waals surface area contributed by atoms with Crippen LogP contribution in [-0.4, -0.2) is 33.4 Å². The van der Waals surface area contributed by atoms with E-state index in [1.807, 2.05) is 55.8 Å². The van der Waals surface area contributed by atoms with Crippen LogP contribution in [0.15, 0.2) is 34.7 Å². The lowest BCUT2D eigenvalue weighted by molar-refractivity contribution is -0.124. The number of aryl methyl sites for hydroxylation is 3. The second-order valence-electron chi connectivity index (χ2n) is 7.17. The highest BCUT2D eigenvalue weighted by atomic mass is 16.5. The van der Waals surface area contributed by atoms with Crippen LogP contribution in [0.1, 0.15) is 35.7 Å². The average molecular weight is 380 g/mol. The van der Waals surface area contributed by atoms with Gasteiger partial charge in [-0.15, -0.1) is 0 Å². The first-order valence-electron chi connectivity index (χ1n) is 9.50. The van der Waals surface area contributed by atoms with Crippen molar-refractivity contribution in [2.24, 2.45) is 0 Å². The van der Waals surface area contributed by atoms with Crippen molar-refractivity contribution >= 4 is 11.6 Å². The fourth-order valence-corrected chi connectivity index (χ4v) is 3.38. The van der Waals surface area contributed by atoms with Gasteiger partial charge in [-0.05, 0) is 63.9 Å². The molecule has 0 aliphatic carbocycles. The van der Waals surface area contributed by atoms with Gasteiger partial charge < -0.3 is 14.5 Å². The molecule has 7 heteroatoms. The van der Waals surface area contributed by atoms with Gasteiger partial charge in [0.05, 0.1) is 12.2 Å². The Kier molecular flexibility index (Phi) is 5.00. The van der Waals surface area contributed by atoms with Crippen molar-refractivity contribution in [3.63, 3.8) is 0 Å². The molecule has 3 heterocycles. The first-order chi connectivity index (χ1) is 13.5. The molecule has 1 N–H and O–H groups in total. The number of nitrogens with one attached hydrogen (secondary N) is 1. The third kappa shape index (κ3) is 3.84. The first-order valence-corrected chi connectivity index (χ1v) is 9.50. The Balaban J connectivity index is 1.47. The third-order valence-corrected chi connectivity index (χ3v) is 4.92. The zero-order valence-corrected chi connectivity index (χ0v) is 16.4. The number of carbonyl (C=O) groups excluding carboxylic acids is 1. The SMILES string of the molecule is Cc1cc(C)n(Cc2nc(-c3ccc(NC(=O)C4CCCO4)cc3)oc2C)n1. The van der Waals surface area contributed by atoms with Crippen molar-refractivity contribution in [3.05, 3.63) is 53.2 Å². The molecule has 4 rings (SSSR count). The van der Waals surface area contributed by atoms with E-state index in [-0.39, 0.29) is 12.0 Å². The summed E-state index contributed by atoms with van der Waals surface area (Å²) in [6, 6.07) is 9.53. The number of hydrogen-bond acceptors (Lipinski definition) is 5. The molecule has 28 heavy (non-hydrogen) atoms. The van der Waals surface area contributed by atoms with Gasteiger partial charge in [-0.1, -0.05) is 0 Å². The van der Waals surface area contributed by atoms with Crippen LogP contribution < -0.4 is 5.32 Å². The summed E-state index contributed by atoms with van der Waals surface area (Å²) < 4.78 is 13.2. The minimum atomic E-state index is -0.342. The van der Waals surface area contributed by atoms with Crippen molar-refractivity contribution in [3.8, 4) is 11.5 Å². The molecule has 1 amide bonds. The highest BCUT2D eigenvalue weighted by Crippen LogP contribution is 2.24. The summed E-state index contributed by atoms with van der Waals surface area (Å²) in [4.78, 5) is 16.8. The quantitative estimate of drug-likeness (QED) is 0.731. The molecule has 1 aliphatic heterocycles. The summed E-state index contributed by atoms with van der Waals surface area (Å²) in [7, 11) is 0. The summed E-state index contributed by atoms with van der Waals surface area (Å²) in [6.45, 7) is 7.14. The highest BCUT2D eigenvalue weighted by molar-refractivity contribution is 5.94. The zero-order valence-electron chi connectivity index (χ0n) is 16.4. The molecule has 146 valence electrons. The molecule has 0 saturated carbocycles. The topological polar surface area (TPSA) is 82.2 Å². The van der Waals surface area contributed by atoms with Gasteiger partial charge in [0, 0.05) is 23.6 Å². The van der Waals surface area contributed by atoms with Gasteiger partial charge in [-0.25, -0.2) is 4.98 Å². The number of ether oxygens (including phenoxy) is 1. The first kappa shape index (κ1) is 18.4. The minimum absolute atomic E-state index is 0.0932. The van der Waals surface area contributed by atoms with E-state index in [1.165, 1.54) is 0 Å². The number of benzene rings is 1. The van der Waals surface area contributed by atoms with Crippen molar-refractivity contribution in [2.45, 2.75) is 46.3 Å². The van der Waals surface area contributed by atoms with E-state index in [0.29, 0.717) is 19.0 Å². The second-order valence-corrected chi connectivity index (χ2v) is 7.17. The van der Waals surface area contributed by atoms with Crippen LogP contribution in [0.5, 0.6) is 0 Å². The van der Waals surface area contributed by atoms with Crippen LogP contribution in [0.2, 0.25) is 0 Å². The van der Waals surface area contributed by atoms with Crippen LogP contribution in [0, 0.1) is 20.8 Å². The fourth-order valence-electron chi connectivity index (χ4n) is 3.38. The molecule has 1 atom stereocenters. The van der Waals surface area contributed by atoms with Crippen LogP contribution in [0.4, 0.5) is 5.69 Å². The number of carbonyl (C=O) groups is 1. The summed E-state index contributed by atoms with van der Waals surface area (Å²) >= 11 is 0. The Morgan fingerprint density at radius 3 is 2.68 bits per heavy atom. The van der Waals surface area contributed by atoms with Crippen molar-refractivity contribution in [1.82, 2.24) is 14.8 Å². The summed E-state index contributed by atoms with van der Waals surface area (Å²) in [5.41, 5.74) is 4.53. The molecule has 1 aromatic carbocycles. The lowest BCUT2D eigenvalue weighted by Crippen LogP contribution is -2.26. The fraction of sp³-hybridized carbons (Fsp3) is 0.381. The van der Waals surface area contributed by atoms with Gasteiger partial charge >= 0.3 is 0 Å². The van der Waals surface area contributed by atoms with Crippen LogP contribution in [0.25, 0.3) is 11.5 Å². The maximum Gasteiger partial charge on any atom is 0.253 e. The van der Waals surface area contributed by atoms with Crippen LogP contribution in [-0.2, 0) is 16.1 Å². The Morgan fingerprint density at radius 1 is 1.25 bits per heavy atom. The van der Waals surface area contributed by atoms with E-state index in [4.69, 9.17) is 9.15 Å². The van der Waals surface area contributed by atoms with E-state index in [0.717, 1.165) is 46.9 Å². The highest BCUT2D eigenvalue weighted by Gasteiger charge is 2.23. The maximum absolute atomic E-state index is 12.1. The van der Waals surface area contributed by atoms with Gasteiger partial charge in [0.1, 0.15) is 17.6 Å². The number of nitrogens with zero attached hydrogens (tertiary/aromatic N) is 3. The summed E-state index contributed by atoms with van der Waals surface area (Å²) in [5.74, 6) is 1.24. The lowest BCUT2D eigenvalue weighted by Gasteiger charge is -2.10. The standard InChI is InChI=1S/C21H24N4O3/c1-13-11-14(2)25(24-13)12-18-15(3)28-21(23-18)16-6-8-17(9-7-16)22-20(26)19-5-4-10-27-19/h6-9,11,19H,4-5,10,12H2,1-3H3,(H,22,26). The van der Waals surface area contributed by atoms with E-state index in [9.17, 15) is 4.79 Å². The molecular formula is C21H24N4O3. The Hall–Kier alpha value is -2.93. The Bertz CT molecular complexity index is 982. The van der Waals surface area contributed by atoms with Gasteiger partial charge in [0.25, 0.3) is 5.91 Å². The number of oxazole rings is 1. The molecule has 1 unspecified atom stereocenters. The Labute approximate surface area is 163 Å². The molecular weight excluding hydrogens is 356 g/mol. The molecule has 0 radical (unpaired) electrons. The molecule has 1 fully saturated rings. The molecule has 0 bridgehead atoms. The zero-order chi connectivity index (χ0) is 19.7. The Morgan fingerprint density at radius 2 is 2.04 bits per heavy atom. The molecule has 3 aromatic rings. The second kappa shape index (κ2) is 7.59. The van der Waals surface area contributed by atoms with Gasteiger partial charge in [-0.3, -0.25) is 9.48 Å². The predicted molar refractivity (Wildman–Crippen MR) is 105 cm³/mol. The predicted octanol–water partition coefficient (Wildman–Crippen LogP) is 3.63. The van der Waals surface area contributed by atoms with Crippen molar-refractivity contribution < 1.29 is 13.9 Å². The lowest BCUT2D eigenvalue weighted by atomic mass is 10.2. The number of anilines is 1. The number of aromatic nitrogens is 3. The van der Waals surface area contributed by atoms with E-state index < -0.39 is 0 Å². The molecule has 1 saturated heterocycles. The number of amides is 1. The van der Waals surface area contributed by atoms with Crippen molar-refractivity contribution in [2.75, 3.05) is 11.9 Å². The van der Waals surface area contributed by atoms with Crippen molar-refractivity contribution in [1.29, 1.82) is 0 Å². The molecule has 7 nitrogen and oxygen atoms in total. The normalized spacial score (nSPS) is 16.5. The molecule has 2 aromatic heterocycles. The maximum atomic E-state index is 12.1. The van der Waals surface area contributed by atoms with Crippen LogP contribution >= 0.6 is 0 Å². The number of hydrogen-bond donors (Lipinski definition) is 1. The van der Waals surface area contributed by atoms with Crippen LogP contribution in [0.3, 0.4) is 0 Å². The van der Waals surface area contributed by atoms with E-state index in [2.05, 4.69) is 15.4 Å². The summed E-state index contributed by atoms with van der Waals surface area (Å²) in [6.07, 6.45) is 1.36. The minimum Gasteiger partial charge on any atom is -0.441 e. The number of rotatable bonds is 5. The third-order valence-electron chi connectivity index (χ3n) is 4.92. The van der Waals surface area contributed by atoms with E-state index in [1.54, 1.807) is 0 Å². The molecule has 1 aliphatic rings. The molecule has 0 spiro atoms. The van der Waals surface area contributed by atoms with Gasteiger partial charge in [0.15, 0.2) is 0 Å².